The van der Waals surface area contributed by atoms with Gasteiger partial charge in [0.2, 0.25) is 0 Å². The molecular formula is C10H16N4O3. The summed E-state index contributed by atoms with van der Waals surface area (Å²) in [6, 6.07) is 1.48. The molecule has 0 saturated carbocycles. The number of nitrogens with one attached hydrogen (secondary N) is 2. The van der Waals surface area contributed by atoms with Gasteiger partial charge in [-0.05, 0) is 30.9 Å². The van der Waals surface area contributed by atoms with Crippen molar-refractivity contribution in [1.29, 1.82) is 0 Å². The molecule has 2 heterocycles. The van der Waals surface area contributed by atoms with Crippen LogP contribution < -0.4 is 5.32 Å². The van der Waals surface area contributed by atoms with Gasteiger partial charge in [0, 0.05) is 13.5 Å². The van der Waals surface area contributed by atoms with Gasteiger partial charge in [0.15, 0.2) is 0 Å². The zero-order chi connectivity index (χ0) is 12.3. The Balaban J connectivity index is 2.09. The Hall–Kier alpha value is -1.47. The summed E-state index contributed by atoms with van der Waals surface area (Å²) < 4.78 is 5.59. The number of methoxy groups -OCH3 is 1. The van der Waals surface area contributed by atoms with E-state index < -0.39 is 4.92 Å². The van der Waals surface area contributed by atoms with E-state index in [0.717, 1.165) is 25.9 Å². The number of hydrogen-bond acceptors (Lipinski definition) is 5. The van der Waals surface area contributed by atoms with Gasteiger partial charge < -0.3 is 20.2 Å². The maximum Gasteiger partial charge on any atom is 0.342 e. The van der Waals surface area contributed by atoms with Crippen LogP contribution in [0.25, 0.3) is 0 Å². The van der Waals surface area contributed by atoms with Crippen molar-refractivity contribution in [1.82, 2.24) is 15.5 Å². The molecular weight excluding hydrogens is 224 g/mol. The van der Waals surface area contributed by atoms with E-state index in [1.165, 1.54) is 6.07 Å². The van der Waals surface area contributed by atoms with E-state index in [1.54, 1.807) is 7.11 Å². The van der Waals surface area contributed by atoms with Gasteiger partial charge in [-0.15, -0.1) is 5.10 Å². The van der Waals surface area contributed by atoms with E-state index in [0.29, 0.717) is 12.1 Å². The van der Waals surface area contributed by atoms with Crippen molar-refractivity contribution in [3.8, 4) is 0 Å². The highest BCUT2D eigenvalue weighted by atomic mass is 16.6. The van der Waals surface area contributed by atoms with Gasteiger partial charge in [-0.2, -0.15) is 0 Å². The van der Waals surface area contributed by atoms with Crippen molar-refractivity contribution < 1.29 is 9.66 Å². The van der Waals surface area contributed by atoms with Crippen LogP contribution in [0.3, 0.4) is 0 Å². The molecule has 0 bridgehead atoms. The molecule has 7 nitrogen and oxygen atoms in total. The van der Waals surface area contributed by atoms with Crippen LogP contribution in [0.2, 0.25) is 0 Å². The van der Waals surface area contributed by atoms with Gasteiger partial charge >= 0.3 is 5.82 Å². The van der Waals surface area contributed by atoms with Gasteiger partial charge in [-0.25, -0.2) is 0 Å². The van der Waals surface area contributed by atoms with Crippen LogP contribution in [0.15, 0.2) is 6.07 Å². The zero-order valence-corrected chi connectivity index (χ0v) is 9.73. The van der Waals surface area contributed by atoms with Crippen molar-refractivity contribution in [2.45, 2.75) is 24.9 Å². The quantitative estimate of drug-likeness (QED) is 0.594. The lowest BCUT2D eigenvalue weighted by atomic mass is 9.87. The van der Waals surface area contributed by atoms with E-state index in [2.05, 4.69) is 15.5 Å². The Bertz CT molecular complexity index is 398. The Morgan fingerprint density at radius 2 is 2.29 bits per heavy atom. The Morgan fingerprint density at radius 1 is 1.59 bits per heavy atom. The third-order valence-electron chi connectivity index (χ3n) is 3.27. The number of hydrogen-bond donors (Lipinski definition) is 2. The zero-order valence-electron chi connectivity index (χ0n) is 9.73. The largest absolute Gasteiger partial charge is 0.378 e. The number of aromatic amines is 1. The van der Waals surface area contributed by atoms with Crippen molar-refractivity contribution in [2.75, 3.05) is 20.2 Å². The smallest absolute Gasteiger partial charge is 0.342 e. The molecule has 0 unspecified atom stereocenters. The van der Waals surface area contributed by atoms with Crippen LogP contribution in [-0.4, -0.2) is 40.9 Å². The van der Waals surface area contributed by atoms with Crippen molar-refractivity contribution in [3.05, 3.63) is 21.9 Å². The first-order valence-corrected chi connectivity index (χ1v) is 5.60. The van der Waals surface area contributed by atoms with Crippen LogP contribution >= 0.6 is 0 Å². The number of nitro groups is 1. The minimum absolute atomic E-state index is 0.0693. The maximum atomic E-state index is 10.5. The molecule has 1 saturated heterocycles. The molecule has 0 spiro atoms. The Morgan fingerprint density at radius 3 is 2.82 bits per heavy atom. The van der Waals surface area contributed by atoms with Crippen molar-refractivity contribution in [2.24, 2.45) is 0 Å². The minimum atomic E-state index is -0.474. The molecule has 7 heteroatoms. The summed E-state index contributed by atoms with van der Waals surface area (Å²) in [7, 11) is 1.69. The minimum Gasteiger partial charge on any atom is -0.378 e. The second kappa shape index (κ2) is 4.80. The first-order valence-electron chi connectivity index (χ1n) is 5.60. The lowest BCUT2D eigenvalue weighted by Crippen LogP contribution is -2.45. The maximum absolute atomic E-state index is 10.5. The van der Waals surface area contributed by atoms with E-state index in [4.69, 9.17) is 4.74 Å². The molecule has 1 aliphatic heterocycles. The van der Waals surface area contributed by atoms with Gasteiger partial charge in [-0.1, -0.05) is 5.10 Å². The second-order valence-corrected chi connectivity index (χ2v) is 4.32. The predicted octanol–water partition coefficient (Wildman–Crippen LogP) is 0.629. The van der Waals surface area contributed by atoms with Crippen molar-refractivity contribution >= 4 is 5.82 Å². The van der Waals surface area contributed by atoms with Gasteiger partial charge in [0.05, 0.1) is 17.4 Å². The number of nitrogens with zero attached hydrogens (tertiary/aromatic N) is 2. The Kier molecular flexibility index (Phi) is 3.39. The summed E-state index contributed by atoms with van der Waals surface area (Å²) >= 11 is 0. The number of ether oxygens (including phenoxy) is 1. The fourth-order valence-corrected chi connectivity index (χ4v) is 2.20. The number of H-pyrrole nitrogens is 1. The predicted molar refractivity (Wildman–Crippen MR) is 60.8 cm³/mol. The number of rotatable bonds is 4. The van der Waals surface area contributed by atoms with Crippen LogP contribution in [0.4, 0.5) is 5.82 Å². The number of aromatic nitrogens is 2. The fourth-order valence-electron chi connectivity index (χ4n) is 2.20. The van der Waals surface area contributed by atoms with E-state index in [-0.39, 0.29) is 11.4 Å². The third-order valence-corrected chi connectivity index (χ3v) is 3.27. The summed E-state index contributed by atoms with van der Waals surface area (Å²) in [6.45, 7) is 1.81. The average Bonchev–Trinajstić information content (AvgIpc) is 2.79. The normalized spacial score (nSPS) is 19.1. The molecule has 0 atom stereocenters. The van der Waals surface area contributed by atoms with Gasteiger partial charge in [0.1, 0.15) is 0 Å². The Labute approximate surface area is 98.7 Å². The highest BCUT2D eigenvalue weighted by molar-refractivity contribution is 5.22. The van der Waals surface area contributed by atoms with Gasteiger partial charge in [-0.3, -0.25) is 0 Å². The molecule has 0 aromatic carbocycles. The molecule has 1 aromatic rings. The lowest BCUT2D eigenvalue weighted by molar-refractivity contribution is -0.389. The first kappa shape index (κ1) is 12.0. The highest BCUT2D eigenvalue weighted by Gasteiger charge is 2.33. The van der Waals surface area contributed by atoms with Crippen LogP contribution in [0, 0.1) is 10.1 Å². The summed E-state index contributed by atoms with van der Waals surface area (Å²) in [5.41, 5.74) is 0.439. The molecule has 1 fully saturated rings. The third kappa shape index (κ3) is 2.62. The van der Waals surface area contributed by atoms with E-state index >= 15 is 0 Å². The summed E-state index contributed by atoms with van der Waals surface area (Å²) in [5.74, 6) is -0.0693. The van der Waals surface area contributed by atoms with Crippen LogP contribution in [0.1, 0.15) is 18.5 Å². The second-order valence-electron chi connectivity index (χ2n) is 4.32. The average molecular weight is 240 g/mol. The molecule has 0 radical (unpaired) electrons. The summed E-state index contributed by atoms with van der Waals surface area (Å²) in [4.78, 5) is 10.1. The van der Waals surface area contributed by atoms with Crippen LogP contribution in [0.5, 0.6) is 0 Å². The number of piperidine rings is 1. The SMILES string of the molecule is COC1(Cc2cc([N+](=O)[O-])[nH]n2)CCNCC1. The standard InChI is InChI=1S/C10H16N4O3/c1-17-10(2-4-11-5-3-10)7-8-6-9(13-12-8)14(15)16/h6,11H,2-5,7H2,1H3,(H,12,13). The molecule has 2 N–H and O–H groups in total. The van der Waals surface area contributed by atoms with Crippen LogP contribution in [-0.2, 0) is 11.2 Å². The van der Waals surface area contributed by atoms with Gasteiger partial charge in [0.25, 0.3) is 0 Å². The molecule has 1 aromatic heterocycles. The molecule has 94 valence electrons. The fraction of sp³-hybridized carbons (Fsp3) is 0.700. The monoisotopic (exact) mass is 240 g/mol. The molecule has 0 aliphatic carbocycles. The molecule has 17 heavy (non-hydrogen) atoms. The first-order chi connectivity index (χ1) is 8.15. The topological polar surface area (TPSA) is 93.1 Å². The van der Waals surface area contributed by atoms with Crippen molar-refractivity contribution in [3.63, 3.8) is 0 Å². The van der Waals surface area contributed by atoms with E-state index in [9.17, 15) is 10.1 Å². The highest BCUT2D eigenvalue weighted by Crippen LogP contribution is 2.27. The lowest BCUT2D eigenvalue weighted by Gasteiger charge is -2.35. The molecule has 2 rings (SSSR count). The summed E-state index contributed by atoms with van der Waals surface area (Å²) in [6.07, 6.45) is 2.39. The molecule has 0 amide bonds. The van der Waals surface area contributed by atoms with E-state index in [1.807, 2.05) is 0 Å². The molecule has 1 aliphatic rings. The summed E-state index contributed by atoms with van der Waals surface area (Å²) in [5, 5.41) is 20.2.